The quantitative estimate of drug-likeness (QED) is 0.547. The Hall–Kier alpha value is -2.57. The van der Waals surface area contributed by atoms with Crippen LogP contribution in [0, 0.1) is 6.92 Å². The van der Waals surface area contributed by atoms with E-state index in [1.54, 1.807) is 6.26 Å². The minimum Gasteiger partial charge on any atom is -0.483 e. The van der Waals surface area contributed by atoms with Gasteiger partial charge in [0.05, 0.1) is 12.8 Å². The molecule has 1 amide bonds. The zero-order valence-electron chi connectivity index (χ0n) is 15.0. The van der Waals surface area contributed by atoms with Crippen LogP contribution in [-0.4, -0.2) is 12.5 Å². The molecule has 3 aromatic rings. The van der Waals surface area contributed by atoms with Crippen LogP contribution in [0.5, 0.6) is 5.75 Å². The van der Waals surface area contributed by atoms with Crippen molar-refractivity contribution in [1.29, 1.82) is 0 Å². The molecule has 0 radical (unpaired) electrons. The average Bonchev–Trinajstić information content (AvgIpc) is 3.16. The van der Waals surface area contributed by atoms with E-state index in [0.717, 1.165) is 27.0 Å². The summed E-state index contributed by atoms with van der Waals surface area (Å²) in [5, 5.41) is 6.14. The van der Waals surface area contributed by atoms with Gasteiger partial charge in [0, 0.05) is 22.3 Å². The predicted molar refractivity (Wildman–Crippen MR) is 109 cm³/mol. The first kappa shape index (κ1) is 19.2. The van der Waals surface area contributed by atoms with Crippen LogP contribution in [0.25, 0.3) is 0 Å². The van der Waals surface area contributed by atoms with Crippen molar-refractivity contribution < 1.29 is 13.9 Å². The molecule has 2 aromatic carbocycles. The molecule has 0 spiro atoms. The number of aryl methyl sites for hydroxylation is 1. The molecule has 0 saturated carbocycles. The molecule has 0 atom stereocenters. The number of anilines is 1. The number of rotatable bonds is 8. The molecule has 0 aliphatic carbocycles. The molecule has 0 aliphatic rings. The largest absolute Gasteiger partial charge is 0.483 e. The molecule has 3 rings (SSSR count). The highest BCUT2D eigenvalue weighted by molar-refractivity contribution is 9.10. The molecular weight excluding hydrogens is 408 g/mol. The van der Waals surface area contributed by atoms with Crippen LogP contribution in [-0.2, 0) is 17.9 Å². The second-order valence-electron chi connectivity index (χ2n) is 6.14. The van der Waals surface area contributed by atoms with Crippen molar-refractivity contribution in [1.82, 2.24) is 5.32 Å². The van der Waals surface area contributed by atoms with Gasteiger partial charge >= 0.3 is 0 Å². The fraction of sp³-hybridized carbons (Fsp3) is 0.190. The lowest BCUT2D eigenvalue weighted by molar-refractivity contribution is -0.118. The number of ether oxygens (including phenoxy) is 1. The van der Waals surface area contributed by atoms with Crippen molar-refractivity contribution in [2.45, 2.75) is 20.0 Å². The molecule has 1 heterocycles. The zero-order chi connectivity index (χ0) is 19.1. The van der Waals surface area contributed by atoms with E-state index in [0.29, 0.717) is 18.8 Å². The standard InChI is InChI=1S/C21H21BrN2O3/c1-15-4-7-18(8-5-15)24-21(25)14-27-20-9-6-17(22)11-16(20)12-23-13-19-3-2-10-26-19/h2-11,23H,12-14H2,1H3,(H,24,25). The van der Waals surface area contributed by atoms with E-state index in [9.17, 15) is 4.79 Å². The molecule has 0 saturated heterocycles. The van der Waals surface area contributed by atoms with Crippen LogP contribution in [0.15, 0.2) is 69.8 Å². The predicted octanol–water partition coefficient (Wildman–Crippen LogP) is 4.66. The normalized spacial score (nSPS) is 10.6. The number of hydrogen-bond acceptors (Lipinski definition) is 4. The maximum Gasteiger partial charge on any atom is 0.262 e. The highest BCUT2D eigenvalue weighted by Crippen LogP contribution is 2.23. The first-order valence-corrected chi connectivity index (χ1v) is 9.40. The molecule has 0 unspecified atom stereocenters. The molecule has 5 nitrogen and oxygen atoms in total. The molecule has 27 heavy (non-hydrogen) atoms. The number of hydrogen-bond donors (Lipinski definition) is 2. The number of furan rings is 1. The number of benzene rings is 2. The summed E-state index contributed by atoms with van der Waals surface area (Å²) in [6.07, 6.45) is 1.65. The summed E-state index contributed by atoms with van der Waals surface area (Å²) in [5.41, 5.74) is 2.86. The minimum atomic E-state index is -0.198. The third-order valence-electron chi connectivity index (χ3n) is 3.91. The lowest BCUT2D eigenvalue weighted by Crippen LogP contribution is -2.21. The van der Waals surface area contributed by atoms with E-state index >= 15 is 0 Å². The molecule has 0 aliphatic heterocycles. The maximum absolute atomic E-state index is 12.1. The van der Waals surface area contributed by atoms with Gasteiger partial charge in [-0.25, -0.2) is 0 Å². The van der Waals surface area contributed by atoms with E-state index in [1.807, 2.05) is 61.5 Å². The van der Waals surface area contributed by atoms with Crippen LogP contribution >= 0.6 is 15.9 Å². The second-order valence-corrected chi connectivity index (χ2v) is 7.05. The van der Waals surface area contributed by atoms with Crippen LogP contribution in [0.2, 0.25) is 0 Å². The number of halogens is 1. The highest BCUT2D eigenvalue weighted by atomic mass is 79.9. The Kier molecular flexibility index (Phi) is 6.68. The molecule has 0 fully saturated rings. The first-order chi connectivity index (χ1) is 13.1. The maximum atomic E-state index is 12.1. The first-order valence-electron chi connectivity index (χ1n) is 8.61. The van der Waals surface area contributed by atoms with E-state index in [1.165, 1.54) is 0 Å². The van der Waals surface area contributed by atoms with Gasteiger partial charge in [-0.05, 0) is 49.4 Å². The van der Waals surface area contributed by atoms with Gasteiger partial charge in [-0.2, -0.15) is 0 Å². The van der Waals surface area contributed by atoms with Gasteiger partial charge in [0.2, 0.25) is 0 Å². The Balaban J connectivity index is 1.55. The van der Waals surface area contributed by atoms with Gasteiger partial charge in [-0.3, -0.25) is 4.79 Å². The third-order valence-corrected chi connectivity index (χ3v) is 4.40. The van der Waals surface area contributed by atoms with Gasteiger partial charge in [0.25, 0.3) is 5.91 Å². The molecule has 1 aromatic heterocycles. The summed E-state index contributed by atoms with van der Waals surface area (Å²) in [7, 11) is 0. The molecule has 0 bridgehead atoms. The molecule has 6 heteroatoms. The van der Waals surface area contributed by atoms with E-state index < -0.39 is 0 Å². The third kappa shape index (κ3) is 5.98. The van der Waals surface area contributed by atoms with E-state index in [2.05, 4.69) is 26.6 Å². The molecular formula is C21H21BrN2O3. The summed E-state index contributed by atoms with van der Waals surface area (Å²) in [6.45, 7) is 3.16. The van der Waals surface area contributed by atoms with Crippen LogP contribution in [0.3, 0.4) is 0 Å². The SMILES string of the molecule is Cc1ccc(NC(=O)COc2ccc(Br)cc2CNCc2ccco2)cc1. The van der Waals surface area contributed by atoms with Crippen molar-refractivity contribution in [3.8, 4) is 5.75 Å². The van der Waals surface area contributed by atoms with Gasteiger partial charge in [0.15, 0.2) is 6.61 Å². The lowest BCUT2D eigenvalue weighted by Gasteiger charge is -2.13. The van der Waals surface area contributed by atoms with Crippen molar-refractivity contribution >= 4 is 27.5 Å². The van der Waals surface area contributed by atoms with Gasteiger partial charge in [-0.15, -0.1) is 0 Å². The van der Waals surface area contributed by atoms with Crippen molar-refractivity contribution in [2.75, 3.05) is 11.9 Å². The Morgan fingerprint density at radius 3 is 2.67 bits per heavy atom. The van der Waals surface area contributed by atoms with Crippen molar-refractivity contribution in [3.05, 3.63) is 82.2 Å². The highest BCUT2D eigenvalue weighted by Gasteiger charge is 2.09. The second kappa shape index (κ2) is 9.39. The zero-order valence-corrected chi connectivity index (χ0v) is 16.6. The Morgan fingerprint density at radius 2 is 1.93 bits per heavy atom. The van der Waals surface area contributed by atoms with E-state index in [-0.39, 0.29) is 12.5 Å². The Bertz CT molecular complexity index is 877. The fourth-order valence-corrected chi connectivity index (χ4v) is 2.95. The number of amides is 1. The van der Waals surface area contributed by atoms with Crippen molar-refractivity contribution in [3.63, 3.8) is 0 Å². The van der Waals surface area contributed by atoms with E-state index in [4.69, 9.17) is 9.15 Å². The monoisotopic (exact) mass is 428 g/mol. The summed E-state index contributed by atoms with van der Waals surface area (Å²) in [5.74, 6) is 1.34. The average molecular weight is 429 g/mol. The Labute approximate surface area is 166 Å². The molecule has 140 valence electrons. The summed E-state index contributed by atoms with van der Waals surface area (Å²) < 4.78 is 12.0. The smallest absolute Gasteiger partial charge is 0.262 e. The van der Waals surface area contributed by atoms with Crippen molar-refractivity contribution in [2.24, 2.45) is 0 Å². The van der Waals surface area contributed by atoms with Gasteiger partial charge in [0.1, 0.15) is 11.5 Å². The molecule has 2 N–H and O–H groups in total. The summed E-state index contributed by atoms with van der Waals surface area (Å²) >= 11 is 3.48. The topological polar surface area (TPSA) is 63.5 Å². The summed E-state index contributed by atoms with van der Waals surface area (Å²) in [4.78, 5) is 12.1. The van der Waals surface area contributed by atoms with Crippen LogP contribution in [0.4, 0.5) is 5.69 Å². The Morgan fingerprint density at radius 1 is 1.11 bits per heavy atom. The van der Waals surface area contributed by atoms with Gasteiger partial charge < -0.3 is 19.8 Å². The van der Waals surface area contributed by atoms with Gasteiger partial charge in [-0.1, -0.05) is 33.6 Å². The number of carbonyl (C=O) groups excluding carboxylic acids is 1. The van der Waals surface area contributed by atoms with Crippen LogP contribution < -0.4 is 15.4 Å². The number of nitrogens with one attached hydrogen (secondary N) is 2. The number of carbonyl (C=O) groups is 1. The summed E-state index contributed by atoms with van der Waals surface area (Å²) in [6, 6.07) is 17.1. The fourth-order valence-electron chi connectivity index (χ4n) is 2.54. The van der Waals surface area contributed by atoms with Crippen LogP contribution in [0.1, 0.15) is 16.9 Å². The lowest BCUT2D eigenvalue weighted by atomic mass is 10.2. The minimum absolute atomic E-state index is 0.0549.